The van der Waals surface area contributed by atoms with E-state index in [9.17, 15) is 4.79 Å². The van der Waals surface area contributed by atoms with Crippen LogP contribution in [0.25, 0.3) is 10.9 Å². The summed E-state index contributed by atoms with van der Waals surface area (Å²) < 4.78 is 2.02. The predicted molar refractivity (Wildman–Crippen MR) is 71.6 cm³/mol. The van der Waals surface area contributed by atoms with Gasteiger partial charge in [0.15, 0.2) is 0 Å². The first-order valence-electron chi connectivity index (χ1n) is 6.02. The Morgan fingerprint density at radius 2 is 2.06 bits per heavy atom. The normalized spacial score (nSPS) is 13.2. The van der Waals surface area contributed by atoms with Crippen LogP contribution in [0.1, 0.15) is 37.2 Å². The van der Waals surface area contributed by atoms with Crippen LogP contribution >= 0.6 is 0 Å². The van der Waals surface area contributed by atoms with Crippen molar-refractivity contribution >= 4 is 16.9 Å². The molecule has 0 amide bonds. The highest BCUT2D eigenvalue weighted by molar-refractivity contribution is 5.87. The van der Waals surface area contributed by atoms with Crippen LogP contribution in [0, 0.1) is 6.92 Å². The molecule has 1 heterocycles. The Morgan fingerprint density at radius 3 is 2.61 bits per heavy atom. The molecule has 4 nitrogen and oxygen atoms in total. The number of carboxylic acids is 1. The molecule has 0 bridgehead atoms. The highest BCUT2D eigenvalue weighted by Gasteiger charge is 2.22. The molecule has 4 heteroatoms. The monoisotopic (exact) mass is 246 g/mol. The number of hydrogen-bond acceptors (Lipinski definition) is 2. The third kappa shape index (κ3) is 1.88. The zero-order valence-electron chi connectivity index (χ0n) is 10.8. The van der Waals surface area contributed by atoms with Crippen LogP contribution in [-0.2, 0) is 4.79 Å². The number of aliphatic carboxylic acids is 1. The summed E-state index contributed by atoms with van der Waals surface area (Å²) >= 11 is 0. The zero-order valence-corrected chi connectivity index (χ0v) is 10.8. The van der Waals surface area contributed by atoms with Gasteiger partial charge in [0, 0.05) is 17.1 Å². The Morgan fingerprint density at radius 1 is 1.39 bits per heavy atom. The molecular formula is C14H18N2O2. The van der Waals surface area contributed by atoms with E-state index in [0.717, 1.165) is 16.5 Å². The molecule has 1 atom stereocenters. The van der Waals surface area contributed by atoms with E-state index >= 15 is 0 Å². The number of aryl methyl sites for hydroxylation is 1. The molecule has 2 rings (SSSR count). The molecule has 0 aliphatic rings. The first-order valence-corrected chi connectivity index (χ1v) is 6.02. The molecule has 0 saturated carbocycles. The van der Waals surface area contributed by atoms with Crippen molar-refractivity contribution < 1.29 is 9.90 Å². The molecule has 0 radical (unpaired) electrons. The van der Waals surface area contributed by atoms with E-state index in [1.807, 2.05) is 49.6 Å². The predicted octanol–water partition coefficient (Wildman–Crippen LogP) is 2.62. The van der Waals surface area contributed by atoms with Crippen molar-refractivity contribution in [2.45, 2.75) is 32.9 Å². The van der Waals surface area contributed by atoms with Crippen LogP contribution < -0.4 is 5.73 Å². The van der Waals surface area contributed by atoms with Crippen LogP contribution in [0.4, 0.5) is 0 Å². The van der Waals surface area contributed by atoms with Gasteiger partial charge in [0.1, 0.15) is 6.04 Å². The van der Waals surface area contributed by atoms with Gasteiger partial charge >= 0.3 is 5.97 Å². The number of nitrogens with two attached hydrogens (primary N) is 1. The lowest BCUT2D eigenvalue weighted by atomic mass is 10.1. The summed E-state index contributed by atoms with van der Waals surface area (Å²) in [4.78, 5) is 11.1. The summed E-state index contributed by atoms with van der Waals surface area (Å²) in [6, 6.07) is 7.04. The second-order valence-electron chi connectivity index (χ2n) is 4.86. The van der Waals surface area contributed by atoms with Gasteiger partial charge in [0.05, 0.1) is 5.52 Å². The average Bonchev–Trinajstić information content (AvgIpc) is 2.68. The number of rotatable bonds is 3. The van der Waals surface area contributed by atoms with Crippen LogP contribution in [0.3, 0.4) is 0 Å². The fourth-order valence-corrected chi connectivity index (χ4v) is 2.41. The van der Waals surface area contributed by atoms with Crippen LogP contribution in [-0.4, -0.2) is 15.6 Å². The topological polar surface area (TPSA) is 68.2 Å². The molecule has 0 aliphatic heterocycles. The SMILES string of the molecule is Cc1cccc2cc(C(N)C(=O)O)n(C(C)C)c12. The van der Waals surface area contributed by atoms with Crippen molar-refractivity contribution in [3.8, 4) is 0 Å². The molecule has 3 N–H and O–H groups in total. The van der Waals surface area contributed by atoms with Gasteiger partial charge in [-0.15, -0.1) is 0 Å². The second-order valence-corrected chi connectivity index (χ2v) is 4.86. The van der Waals surface area contributed by atoms with Gasteiger partial charge in [0.2, 0.25) is 0 Å². The molecule has 1 unspecified atom stereocenters. The van der Waals surface area contributed by atoms with Crippen molar-refractivity contribution in [3.63, 3.8) is 0 Å². The number of fused-ring (bicyclic) bond motifs is 1. The van der Waals surface area contributed by atoms with E-state index in [1.54, 1.807) is 0 Å². The molecule has 18 heavy (non-hydrogen) atoms. The minimum Gasteiger partial charge on any atom is -0.480 e. The Bertz CT molecular complexity index is 599. The summed E-state index contributed by atoms with van der Waals surface area (Å²) in [6.45, 7) is 6.09. The number of para-hydroxylation sites is 1. The minimum atomic E-state index is -1.00. The third-order valence-corrected chi connectivity index (χ3v) is 3.19. The van der Waals surface area contributed by atoms with Crippen LogP contribution in [0.5, 0.6) is 0 Å². The van der Waals surface area contributed by atoms with Gasteiger partial charge in [-0.25, -0.2) is 0 Å². The summed E-state index contributed by atoms with van der Waals surface area (Å²) in [6.07, 6.45) is 0. The Hall–Kier alpha value is -1.81. The van der Waals surface area contributed by atoms with Crippen molar-refractivity contribution in [1.82, 2.24) is 4.57 Å². The lowest BCUT2D eigenvalue weighted by molar-refractivity contribution is -0.138. The van der Waals surface area contributed by atoms with E-state index in [2.05, 4.69) is 0 Å². The number of aromatic nitrogens is 1. The van der Waals surface area contributed by atoms with E-state index in [-0.39, 0.29) is 6.04 Å². The number of hydrogen-bond donors (Lipinski definition) is 2. The Labute approximate surface area is 106 Å². The maximum atomic E-state index is 11.1. The Kier molecular flexibility index (Phi) is 3.13. The number of nitrogens with zero attached hydrogens (tertiary/aromatic N) is 1. The fraction of sp³-hybridized carbons (Fsp3) is 0.357. The van der Waals surface area contributed by atoms with E-state index in [4.69, 9.17) is 10.8 Å². The number of benzene rings is 1. The summed E-state index contributed by atoms with van der Waals surface area (Å²) in [7, 11) is 0. The second kappa shape index (κ2) is 4.46. The standard InChI is InChI=1S/C14H18N2O2/c1-8(2)16-11(12(15)14(17)18)7-10-6-4-5-9(3)13(10)16/h4-8,12H,15H2,1-3H3,(H,17,18). The minimum absolute atomic E-state index is 0.170. The molecule has 0 saturated heterocycles. The molecule has 0 spiro atoms. The van der Waals surface area contributed by atoms with Gasteiger partial charge in [-0.3, -0.25) is 4.79 Å². The van der Waals surface area contributed by atoms with E-state index in [1.165, 1.54) is 0 Å². The molecule has 96 valence electrons. The van der Waals surface area contributed by atoms with Gasteiger partial charge in [-0.05, 0) is 32.4 Å². The summed E-state index contributed by atoms with van der Waals surface area (Å²) in [5.41, 5.74) is 8.62. The van der Waals surface area contributed by atoms with Crippen molar-refractivity contribution in [2.24, 2.45) is 5.73 Å². The van der Waals surface area contributed by atoms with E-state index in [0.29, 0.717) is 5.69 Å². The van der Waals surface area contributed by atoms with Crippen LogP contribution in [0.15, 0.2) is 24.3 Å². The molecule has 2 aromatic rings. The molecular weight excluding hydrogens is 228 g/mol. The average molecular weight is 246 g/mol. The number of carboxylic acid groups (broad SMARTS) is 1. The first kappa shape index (κ1) is 12.6. The summed E-state index contributed by atoms with van der Waals surface area (Å²) in [5.74, 6) is -1.00. The van der Waals surface area contributed by atoms with E-state index < -0.39 is 12.0 Å². The van der Waals surface area contributed by atoms with Gasteiger partial charge < -0.3 is 15.4 Å². The van der Waals surface area contributed by atoms with Gasteiger partial charge in [0.25, 0.3) is 0 Å². The van der Waals surface area contributed by atoms with Gasteiger partial charge in [-0.1, -0.05) is 18.2 Å². The molecule has 0 fully saturated rings. The maximum absolute atomic E-state index is 11.1. The lowest BCUT2D eigenvalue weighted by Crippen LogP contribution is -2.24. The molecule has 0 aliphatic carbocycles. The quantitative estimate of drug-likeness (QED) is 0.874. The van der Waals surface area contributed by atoms with Crippen molar-refractivity contribution in [1.29, 1.82) is 0 Å². The fourth-order valence-electron chi connectivity index (χ4n) is 2.41. The smallest absolute Gasteiger partial charge is 0.326 e. The lowest BCUT2D eigenvalue weighted by Gasteiger charge is -2.17. The molecule has 1 aromatic heterocycles. The van der Waals surface area contributed by atoms with Crippen molar-refractivity contribution in [2.75, 3.05) is 0 Å². The van der Waals surface area contributed by atoms with Crippen LogP contribution in [0.2, 0.25) is 0 Å². The third-order valence-electron chi connectivity index (χ3n) is 3.19. The maximum Gasteiger partial charge on any atom is 0.326 e. The summed E-state index contributed by atoms with van der Waals surface area (Å²) in [5, 5.41) is 10.1. The van der Waals surface area contributed by atoms with Crippen molar-refractivity contribution in [3.05, 3.63) is 35.5 Å². The highest BCUT2D eigenvalue weighted by Crippen LogP contribution is 2.29. The first-order chi connectivity index (χ1) is 8.43. The largest absolute Gasteiger partial charge is 0.480 e. The van der Waals surface area contributed by atoms with Gasteiger partial charge in [-0.2, -0.15) is 0 Å². The number of carbonyl (C=O) groups is 1. The zero-order chi connectivity index (χ0) is 13.4. The highest BCUT2D eigenvalue weighted by atomic mass is 16.4. The molecule has 1 aromatic carbocycles. The Balaban J connectivity index is 2.78.